The van der Waals surface area contributed by atoms with Crippen LogP contribution in [0, 0.1) is 6.92 Å². The zero-order chi connectivity index (χ0) is 7.56. The Kier molecular flexibility index (Phi) is 2.40. The minimum Gasteiger partial charge on any atom is -0.325 e. The largest absolute Gasteiger partial charge is 0.325 e. The second-order valence-corrected chi connectivity index (χ2v) is 2.93. The molecule has 1 aromatic heterocycles. The van der Waals surface area contributed by atoms with E-state index in [1.54, 1.807) is 0 Å². The Balaban J connectivity index is 3.04. The topological polar surface area (TPSA) is 38.9 Å². The van der Waals surface area contributed by atoms with Crippen molar-refractivity contribution in [2.75, 3.05) is 0 Å². The molecule has 0 saturated heterocycles. The van der Waals surface area contributed by atoms with Gasteiger partial charge in [0, 0.05) is 11.0 Å². The van der Waals surface area contributed by atoms with Crippen molar-refractivity contribution in [2.24, 2.45) is 5.73 Å². The van der Waals surface area contributed by atoms with Gasteiger partial charge in [0.1, 0.15) is 0 Å². The molecule has 0 fully saturated rings. The maximum atomic E-state index is 5.39. The number of aryl methyl sites for hydroxylation is 1. The second-order valence-electron chi connectivity index (χ2n) is 2.07. The van der Waals surface area contributed by atoms with E-state index in [0.29, 0.717) is 6.54 Å². The van der Waals surface area contributed by atoms with Crippen molar-refractivity contribution in [2.45, 2.75) is 13.5 Å². The first-order valence-electron chi connectivity index (χ1n) is 3.06. The van der Waals surface area contributed by atoms with Crippen LogP contribution in [0.2, 0.25) is 0 Å². The Morgan fingerprint density at radius 2 is 2.30 bits per heavy atom. The molecular weight excluding hydrogens is 192 g/mol. The summed E-state index contributed by atoms with van der Waals surface area (Å²) in [6, 6.07) is 3.88. The quantitative estimate of drug-likeness (QED) is 0.749. The van der Waals surface area contributed by atoms with Crippen LogP contribution in [0.5, 0.6) is 0 Å². The smallest absolute Gasteiger partial charge is 0.0543 e. The van der Waals surface area contributed by atoms with Crippen LogP contribution in [-0.4, -0.2) is 4.98 Å². The van der Waals surface area contributed by atoms with Crippen molar-refractivity contribution in [1.82, 2.24) is 4.98 Å². The van der Waals surface area contributed by atoms with Gasteiger partial charge in [0.05, 0.1) is 11.4 Å². The van der Waals surface area contributed by atoms with Crippen molar-refractivity contribution in [3.63, 3.8) is 0 Å². The number of halogens is 1. The number of hydrogen-bond donors (Lipinski definition) is 1. The van der Waals surface area contributed by atoms with Crippen LogP contribution in [0.25, 0.3) is 0 Å². The maximum absolute atomic E-state index is 5.39. The summed E-state index contributed by atoms with van der Waals surface area (Å²) < 4.78 is 1.03. The first kappa shape index (κ1) is 7.69. The Morgan fingerprint density at radius 3 is 2.80 bits per heavy atom. The highest BCUT2D eigenvalue weighted by Gasteiger charge is 1.95. The molecule has 0 radical (unpaired) electrons. The Hall–Kier alpha value is -0.410. The lowest BCUT2D eigenvalue weighted by atomic mass is 10.3. The second kappa shape index (κ2) is 3.12. The molecular formula is C7H9BrN2. The van der Waals surface area contributed by atoms with Crippen molar-refractivity contribution in [3.8, 4) is 0 Å². The van der Waals surface area contributed by atoms with E-state index >= 15 is 0 Å². The molecule has 1 aromatic rings. The third-order valence-electron chi connectivity index (χ3n) is 1.29. The van der Waals surface area contributed by atoms with E-state index in [9.17, 15) is 0 Å². The van der Waals surface area contributed by atoms with Gasteiger partial charge < -0.3 is 5.73 Å². The molecule has 0 aromatic carbocycles. The molecule has 3 heteroatoms. The first-order valence-corrected chi connectivity index (χ1v) is 3.85. The summed E-state index contributed by atoms with van der Waals surface area (Å²) in [4.78, 5) is 4.22. The molecule has 54 valence electrons. The van der Waals surface area contributed by atoms with E-state index in [0.717, 1.165) is 15.9 Å². The van der Waals surface area contributed by atoms with Crippen molar-refractivity contribution in [1.29, 1.82) is 0 Å². The summed E-state index contributed by atoms with van der Waals surface area (Å²) in [5, 5.41) is 0. The summed E-state index contributed by atoms with van der Waals surface area (Å²) in [5.74, 6) is 0. The predicted octanol–water partition coefficient (Wildman–Crippen LogP) is 1.61. The molecule has 0 aliphatic carbocycles. The van der Waals surface area contributed by atoms with E-state index in [-0.39, 0.29) is 0 Å². The predicted molar refractivity (Wildman–Crippen MR) is 44.6 cm³/mol. The highest BCUT2D eigenvalue weighted by atomic mass is 79.9. The van der Waals surface area contributed by atoms with Crippen LogP contribution >= 0.6 is 15.9 Å². The highest BCUT2D eigenvalue weighted by Crippen LogP contribution is 2.12. The van der Waals surface area contributed by atoms with Gasteiger partial charge in [0.25, 0.3) is 0 Å². The summed E-state index contributed by atoms with van der Waals surface area (Å²) in [6.45, 7) is 2.46. The molecule has 10 heavy (non-hydrogen) atoms. The lowest BCUT2D eigenvalue weighted by molar-refractivity contribution is 0.964. The fourth-order valence-electron chi connectivity index (χ4n) is 0.710. The molecule has 0 amide bonds. The van der Waals surface area contributed by atoms with Crippen LogP contribution in [0.4, 0.5) is 0 Å². The van der Waals surface area contributed by atoms with E-state index in [4.69, 9.17) is 5.73 Å². The molecule has 0 unspecified atom stereocenters. The maximum Gasteiger partial charge on any atom is 0.0543 e. The van der Waals surface area contributed by atoms with Crippen molar-refractivity contribution >= 4 is 15.9 Å². The average molecular weight is 201 g/mol. The number of nitrogens with zero attached hydrogens (tertiary/aromatic N) is 1. The molecule has 1 heterocycles. The fourth-order valence-corrected chi connectivity index (χ4v) is 0.931. The number of hydrogen-bond acceptors (Lipinski definition) is 2. The lowest BCUT2D eigenvalue weighted by Gasteiger charge is -1.98. The van der Waals surface area contributed by atoms with Gasteiger partial charge in [-0.05, 0) is 35.0 Å². The van der Waals surface area contributed by atoms with E-state index in [1.807, 2.05) is 19.1 Å². The van der Waals surface area contributed by atoms with Gasteiger partial charge in [-0.2, -0.15) is 0 Å². The lowest BCUT2D eigenvalue weighted by Crippen LogP contribution is -2.00. The molecule has 0 saturated carbocycles. The standard InChI is InChI=1S/C7H9BrN2/c1-5-7(8)3-2-6(4-9)10-5/h2-3H,4,9H2,1H3. The highest BCUT2D eigenvalue weighted by molar-refractivity contribution is 9.10. The van der Waals surface area contributed by atoms with Gasteiger partial charge in [-0.3, -0.25) is 4.98 Å². The van der Waals surface area contributed by atoms with Crippen molar-refractivity contribution < 1.29 is 0 Å². The van der Waals surface area contributed by atoms with Gasteiger partial charge >= 0.3 is 0 Å². The molecule has 0 aliphatic rings. The zero-order valence-corrected chi connectivity index (χ0v) is 7.35. The third kappa shape index (κ3) is 1.55. The van der Waals surface area contributed by atoms with Crippen LogP contribution in [0.3, 0.4) is 0 Å². The van der Waals surface area contributed by atoms with Crippen LogP contribution < -0.4 is 5.73 Å². The van der Waals surface area contributed by atoms with E-state index in [2.05, 4.69) is 20.9 Å². The van der Waals surface area contributed by atoms with Crippen LogP contribution in [-0.2, 0) is 6.54 Å². The number of pyridine rings is 1. The zero-order valence-electron chi connectivity index (χ0n) is 5.76. The monoisotopic (exact) mass is 200 g/mol. The van der Waals surface area contributed by atoms with Crippen molar-refractivity contribution in [3.05, 3.63) is 28.0 Å². The summed E-state index contributed by atoms with van der Waals surface area (Å²) in [7, 11) is 0. The van der Waals surface area contributed by atoms with Gasteiger partial charge in [-0.15, -0.1) is 0 Å². The first-order chi connectivity index (χ1) is 4.74. The fraction of sp³-hybridized carbons (Fsp3) is 0.286. The third-order valence-corrected chi connectivity index (χ3v) is 2.13. The average Bonchev–Trinajstić information content (AvgIpc) is 1.95. The number of rotatable bonds is 1. The molecule has 2 N–H and O–H groups in total. The summed E-state index contributed by atoms with van der Waals surface area (Å²) in [5.41, 5.74) is 7.31. The number of nitrogens with two attached hydrogens (primary N) is 1. The molecule has 0 aliphatic heterocycles. The van der Waals surface area contributed by atoms with Crippen LogP contribution in [0.1, 0.15) is 11.4 Å². The Morgan fingerprint density at radius 1 is 1.60 bits per heavy atom. The van der Waals surface area contributed by atoms with E-state index in [1.165, 1.54) is 0 Å². The summed E-state index contributed by atoms with van der Waals surface area (Å²) in [6.07, 6.45) is 0. The van der Waals surface area contributed by atoms with Gasteiger partial charge in [0.15, 0.2) is 0 Å². The summed E-state index contributed by atoms with van der Waals surface area (Å²) >= 11 is 3.36. The SMILES string of the molecule is Cc1nc(CN)ccc1Br. The molecule has 0 atom stereocenters. The Labute approximate surface area is 68.6 Å². The molecule has 0 bridgehead atoms. The molecule has 0 spiro atoms. The molecule has 2 nitrogen and oxygen atoms in total. The van der Waals surface area contributed by atoms with Crippen LogP contribution in [0.15, 0.2) is 16.6 Å². The minimum atomic E-state index is 0.508. The number of aromatic nitrogens is 1. The van der Waals surface area contributed by atoms with Gasteiger partial charge in [-0.1, -0.05) is 0 Å². The normalized spacial score (nSPS) is 9.90. The minimum absolute atomic E-state index is 0.508. The van der Waals surface area contributed by atoms with Gasteiger partial charge in [0.2, 0.25) is 0 Å². The molecule has 1 rings (SSSR count). The Bertz CT molecular complexity index is 235. The van der Waals surface area contributed by atoms with E-state index < -0.39 is 0 Å². The van der Waals surface area contributed by atoms with Gasteiger partial charge in [-0.25, -0.2) is 0 Å².